The van der Waals surface area contributed by atoms with Gasteiger partial charge in [-0.2, -0.15) is 0 Å². The monoisotopic (exact) mass is 540 g/mol. The highest BCUT2D eigenvalue weighted by atomic mass is 35.5. The molecule has 4 aromatic rings. The zero-order valence-electron chi connectivity index (χ0n) is 20.4. The van der Waals surface area contributed by atoms with E-state index in [0.29, 0.717) is 39.9 Å². The Morgan fingerprint density at radius 3 is 2.72 bits per heavy atom. The van der Waals surface area contributed by atoms with E-state index in [9.17, 15) is 14.4 Å². The molecule has 3 N–H and O–H groups in total. The van der Waals surface area contributed by atoms with Crippen molar-refractivity contribution in [2.45, 2.75) is 18.0 Å². The van der Waals surface area contributed by atoms with Crippen LogP contribution in [-0.2, 0) is 26.3 Å². The predicted molar refractivity (Wildman–Crippen MR) is 143 cm³/mol. The fourth-order valence-corrected chi connectivity index (χ4v) is 7.01. The number of aromatic nitrogens is 1. The number of nitrogens with zero attached hydrogens (tertiary/aromatic N) is 1. The number of carbonyl (C=O) groups excluding carboxylic acids is 3. The van der Waals surface area contributed by atoms with E-state index in [4.69, 9.17) is 21.1 Å². The molecule has 4 aliphatic heterocycles. The molecule has 1 spiro atoms. The summed E-state index contributed by atoms with van der Waals surface area (Å²) >= 11 is 6.47. The fraction of sp³-hybridized carbons (Fsp3) is 0.207. The molecular weight excluding hydrogens is 520 g/mol. The third-order valence-corrected chi connectivity index (χ3v) is 8.74. The minimum Gasteiger partial charge on any atom is -0.454 e. The summed E-state index contributed by atoms with van der Waals surface area (Å²) in [5.41, 5.74) is 1.94. The Morgan fingerprint density at radius 1 is 0.974 bits per heavy atom. The Balaban J connectivity index is 1.28. The largest absolute Gasteiger partial charge is 0.454 e. The lowest BCUT2D eigenvalue weighted by Crippen LogP contribution is -2.53. The molecule has 39 heavy (non-hydrogen) atoms. The summed E-state index contributed by atoms with van der Waals surface area (Å²) in [7, 11) is 0. The highest BCUT2D eigenvalue weighted by Crippen LogP contribution is 2.55. The molecule has 0 radical (unpaired) electrons. The number of amides is 3. The van der Waals surface area contributed by atoms with Crippen LogP contribution in [0.5, 0.6) is 11.5 Å². The number of rotatable bonds is 3. The molecule has 9 nitrogen and oxygen atoms in total. The third-order valence-electron chi connectivity index (χ3n) is 8.43. The van der Waals surface area contributed by atoms with Gasteiger partial charge in [0.1, 0.15) is 5.54 Å². The minimum absolute atomic E-state index is 0.0728. The zero-order valence-corrected chi connectivity index (χ0v) is 21.1. The molecule has 4 aliphatic rings. The van der Waals surface area contributed by atoms with Gasteiger partial charge in [0.2, 0.25) is 24.5 Å². The van der Waals surface area contributed by atoms with Gasteiger partial charge in [-0.3, -0.25) is 19.7 Å². The number of nitrogens with one attached hydrogen (secondary N) is 3. The van der Waals surface area contributed by atoms with Gasteiger partial charge in [-0.15, -0.1) is 0 Å². The maximum absolute atomic E-state index is 14.2. The minimum atomic E-state index is -1.44. The van der Waals surface area contributed by atoms with E-state index in [-0.39, 0.29) is 12.7 Å². The van der Waals surface area contributed by atoms with Gasteiger partial charge in [-0.25, -0.2) is 4.90 Å². The predicted octanol–water partition coefficient (Wildman–Crippen LogP) is 3.72. The molecule has 2 fully saturated rings. The number of halogens is 1. The molecule has 0 saturated carbocycles. The quantitative estimate of drug-likeness (QED) is 0.341. The third kappa shape index (κ3) is 2.91. The molecule has 5 heterocycles. The van der Waals surface area contributed by atoms with Crippen molar-refractivity contribution in [1.82, 2.24) is 10.3 Å². The summed E-state index contributed by atoms with van der Waals surface area (Å²) < 4.78 is 10.9. The van der Waals surface area contributed by atoms with Crippen LogP contribution in [0.2, 0.25) is 5.02 Å². The van der Waals surface area contributed by atoms with Crippen LogP contribution < -0.4 is 25.0 Å². The Kier molecular flexibility index (Phi) is 4.55. The summed E-state index contributed by atoms with van der Waals surface area (Å²) in [6.07, 6.45) is 2.35. The number of benzene rings is 3. The van der Waals surface area contributed by atoms with Gasteiger partial charge in [-0.1, -0.05) is 41.9 Å². The van der Waals surface area contributed by atoms with Crippen molar-refractivity contribution >= 4 is 51.6 Å². The van der Waals surface area contributed by atoms with Crippen molar-refractivity contribution in [1.29, 1.82) is 0 Å². The van der Waals surface area contributed by atoms with Crippen LogP contribution in [0.1, 0.15) is 11.1 Å². The molecule has 2 saturated heterocycles. The Labute approximate surface area is 227 Å². The first-order valence-corrected chi connectivity index (χ1v) is 13.1. The molecule has 0 unspecified atom stereocenters. The SMILES string of the molecule is O=C1[C@H]2[C@@H](C(=O)N1c1ccc3c(c1)OCO3)[C@@]1(N[C@@H]2Cc2c[nH]c3ccccc23)C(=O)Nc2c(Cl)cccc21. The first-order valence-electron chi connectivity index (χ1n) is 12.7. The lowest BCUT2D eigenvalue weighted by atomic mass is 9.76. The van der Waals surface area contributed by atoms with E-state index in [1.807, 2.05) is 30.5 Å². The van der Waals surface area contributed by atoms with Crippen LogP contribution in [0.25, 0.3) is 10.9 Å². The van der Waals surface area contributed by atoms with Crippen molar-refractivity contribution in [3.63, 3.8) is 0 Å². The second-order valence-corrected chi connectivity index (χ2v) is 10.7. The molecule has 0 aliphatic carbocycles. The lowest BCUT2D eigenvalue weighted by molar-refractivity contribution is -0.130. The van der Waals surface area contributed by atoms with Gasteiger partial charge in [0.05, 0.1) is 28.2 Å². The van der Waals surface area contributed by atoms with Gasteiger partial charge < -0.3 is 19.8 Å². The molecule has 8 rings (SSSR count). The van der Waals surface area contributed by atoms with Gasteiger partial charge in [0, 0.05) is 34.8 Å². The van der Waals surface area contributed by atoms with Crippen LogP contribution in [0.15, 0.2) is 66.9 Å². The average molecular weight is 541 g/mol. The standard InChI is InChI=1S/C29H21ClN4O5/c30-18-6-3-5-17-25(18)32-28(37)29(17)24-23(20(33-29)10-14-12-31-19-7-2-1-4-16(14)19)26(35)34(27(24)36)15-8-9-21-22(11-15)39-13-38-21/h1-9,11-12,20,23-24,31,33H,10,13H2,(H,32,37)/t20-,23-,24+,29-/m1/s1. The van der Waals surface area contributed by atoms with Crippen LogP contribution in [0.3, 0.4) is 0 Å². The van der Waals surface area contributed by atoms with Crippen LogP contribution in [0, 0.1) is 11.8 Å². The van der Waals surface area contributed by atoms with E-state index in [2.05, 4.69) is 15.6 Å². The van der Waals surface area contributed by atoms with Crippen molar-refractivity contribution in [2.75, 3.05) is 17.0 Å². The molecule has 3 aromatic carbocycles. The van der Waals surface area contributed by atoms with E-state index in [1.165, 1.54) is 4.90 Å². The second kappa shape index (κ2) is 7.84. The van der Waals surface area contributed by atoms with Crippen molar-refractivity contribution in [2.24, 2.45) is 11.8 Å². The highest BCUT2D eigenvalue weighted by molar-refractivity contribution is 6.35. The summed E-state index contributed by atoms with van der Waals surface area (Å²) in [5.74, 6) is -1.94. The smallest absolute Gasteiger partial charge is 0.250 e. The summed E-state index contributed by atoms with van der Waals surface area (Å²) in [6.45, 7) is 0.0728. The molecule has 3 amide bonds. The number of hydrogen-bond acceptors (Lipinski definition) is 6. The Bertz CT molecular complexity index is 1750. The van der Waals surface area contributed by atoms with Crippen molar-refractivity contribution in [3.8, 4) is 11.5 Å². The van der Waals surface area contributed by atoms with Crippen molar-refractivity contribution < 1.29 is 23.9 Å². The zero-order chi connectivity index (χ0) is 26.5. The van der Waals surface area contributed by atoms with E-state index in [0.717, 1.165) is 16.5 Å². The molecule has 1 aromatic heterocycles. The number of aromatic amines is 1. The van der Waals surface area contributed by atoms with Gasteiger partial charge >= 0.3 is 0 Å². The fourth-order valence-electron chi connectivity index (χ4n) is 6.78. The maximum Gasteiger partial charge on any atom is 0.250 e. The van der Waals surface area contributed by atoms with Gasteiger partial charge in [0.15, 0.2) is 11.5 Å². The Hall–Kier alpha value is -4.34. The van der Waals surface area contributed by atoms with Gasteiger partial charge in [-0.05, 0) is 36.2 Å². The van der Waals surface area contributed by atoms with Crippen LogP contribution >= 0.6 is 11.6 Å². The Morgan fingerprint density at radius 2 is 1.82 bits per heavy atom. The average Bonchev–Trinajstić information content (AvgIpc) is 3.73. The summed E-state index contributed by atoms with van der Waals surface area (Å²) in [4.78, 5) is 46.7. The first kappa shape index (κ1) is 22.6. The number of H-pyrrole nitrogens is 1. The highest BCUT2D eigenvalue weighted by Gasteiger charge is 2.70. The molecule has 0 bridgehead atoms. The summed E-state index contributed by atoms with van der Waals surface area (Å²) in [6, 6.07) is 17.6. The van der Waals surface area contributed by atoms with E-state index < -0.39 is 35.2 Å². The number of hydrogen-bond donors (Lipinski definition) is 3. The second-order valence-electron chi connectivity index (χ2n) is 10.3. The van der Waals surface area contributed by atoms with Gasteiger partial charge in [0.25, 0.3) is 0 Å². The lowest BCUT2D eigenvalue weighted by Gasteiger charge is -2.29. The van der Waals surface area contributed by atoms with Crippen molar-refractivity contribution in [3.05, 3.63) is 83.0 Å². The number of anilines is 2. The molecule has 194 valence electrons. The number of para-hydroxylation sites is 2. The van der Waals surface area contributed by atoms with Crippen LogP contribution in [0.4, 0.5) is 11.4 Å². The topological polar surface area (TPSA) is 113 Å². The number of fused-ring (bicyclic) bond motifs is 6. The number of imide groups is 1. The summed E-state index contributed by atoms with van der Waals surface area (Å²) in [5, 5.41) is 7.77. The molecular formula is C29H21ClN4O5. The normalized spacial score (nSPS) is 26.5. The number of ether oxygens (including phenoxy) is 2. The molecule has 10 heteroatoms. The number of carbonyl (C=O) groups is 3. The van der Waals surface area contributed by atoms with E-state index >= 15 is 0 Å². The van der Waals surface area contributed by atoms with E-state index in [1.54, 1.807) is 36.4 Å². The maximum atomic E-state index is 14.2. The van der Waals surface area contributed by atoms with Crippen LogP contribution in [-0.4, -0.2) is 35.5 Å². The first-order chi connectivity index (χ1) is 19.0. The molecule has 4 atom stereocenters.